The standard InChI is InChI=1S/C48H84O22/c1-5-6-20-31(21-19-24-33(53)32(52)22-17-15-13-11-9-7-8-10-12-14-16-18-23-34(54)45(60)61)67-46-43(40(58)37(27-64-46)65-29(3)50)69-47-42(38(56)35(55)25-63-47)70-48-44(66-30(4)51)41(59)39(57)36(68-48)26-62-28(2)49/h31-44,46-48,52-59H,5-27H2,1-4H3,(H,60,61). The highest BCUT2D eigenvalue weighted by molar-refractivity contribution is 5.71. The van der Waals surface area contributed by atoms with Crippen LogP contribution in [0.1, 0.15) is 156 Å². The van der Waals surface area contributed by atoms with E-state index in [-0.39, 0.29) is 6.61 Å². The minimum atomic E-state index is -1.84. The van der Waals surface area contributed by atoms with Crippen molar-refractivity contribution in [1.82, 2.24) is 0 Å². The molecule has 0 bridgehead atoms. The van der Waals surface area contributed by atoms with E-state index in [1.807, 2.05) is 6.92 Å². The van der Waals surface area contributed by atoms with Gasteiger partial charge in [-0.05, 0) is 38.5 Å². The van der Waals surface area contributed by atoms with Gasteiger partial charge in [0, 0.05) is 20.8 Å². The first-order chi connectivity index (χ1) is 33.3. The molecule has 3 fully saturated rings. The van der Waals surface area contributed by atoms with Gasteiger partial charge in [0.15, 0.2) is 37.2 Å². The Bertz CT molecular complexity index is 1490. The summed E-state index contributed by atoms with van der Waals surface area (Å²) in [6, 6.07) is 0. The second-order valence-corrected chi connectivity index (χ2v) is 18.8. The quantitative estimate of drug-likeness (QED) is 0.0252. The van der Waals surface area contributed by atoms with Crippen LogP contribution >= 0.6 is 0 Å². The van der Waals surface area contributed by atoms with E-state index in [0.29, 0.717) is 44.9 Å². The fourth-order valence-electron chi connectivity index (χ4n) is 8.76. The summed E-state index contributed by atoms with van der Waals surface area (Å²) in [5, 5.41) is 95.0. The molecule has 22 nitrogen and oxygen atoms in total. The van der Waals surface area contributed by atoms with E-state index in [9.17, 15) is 60.0 Å². The number of aliphatic carboxylic acids is 1. The highest BCUT2D eigenvalue weighted by Gasteiger charge is 2.53. The smallest absolute Gasteiger partial charge is 0.332 e. The molecule has 0 aromatic heterocycles. The number of carboxylic acid groups (broad SMARTS) is 1. The highest BCUT2D eigenvalue weighted by atomic mass is 16.8. The summed E-state index contributed by atoms with van der Waals surface area (Å²) >= 11 is 0. The van der Waals surface area contributed by atoms with Crippen LogP contribution < -0.4 is 0 Å². The van der Waals surface area contributed by atoms with Crippen LogP contribution in [0.2, 0.25) is 0 Å². The Balaban J connectivity index is 1.58. The molecule has 0 radical (unpaired) electrons. The Kier molecular flexibility index (Phi) is 29.2. The van der Waals surface area contributed by atoms with Crippen molar-refractivity contribution in [2.45, 2.75) is 260 Å². The maximum Gasteiger partial charge on any atom is 0.332 e. The number of aliphatic hydroxyl groups excluding tert-OH is 8. The zero-order valence-corrected chi connectivity index (χ0v) is 41.4. The van der Waals surface area contributed by atoms with Gasteiger partial charge in [-0.15, -0.1) is 0 Å². The lowest BCUT2D eigenvalue weighted by atomic mass is 9.98. The molecule has 70 heavy (non-hydrogen) atoms. The topological polar surface area (TPSA) is 333 Å². The lowest BCUT2D eigenvalue weighted by Crippen LogP contribution is -2.65. The highest BCUT2D eigenvalue weighted by Crippen LogP contribution is 2.33. The molecule has 3 rings (SSSR count). The van der Waals surface area contributed by atoms with Crippen LogP contribution in [0.25, 0.3) is 0 Å². The molecule has 17 unspecified atom stereocenters. The van der Waals surface area contributed by atoms with Gasteiger partial charge in [-0.2, -0.15) is 0 Å². The van der Waals surface area contributed by atoms with E-state index in [4.69, 9.17) is 47.7 Å². The van der Waals surface area contributed by atoms with Gasteiger partial charge in [0.1, 0.15) is 55.4 Å². The number of rotatable bonds is 34. The molecule has 0 amide bonds. The molecule has 3 aliphatic heterocycles. The molecule has 0 aromatic rings. The molecule has 0 aliphatic carbocycles. The molecule has 3 heterocycles. The van der Waals surface area contributed by atoms with E-state index in [1.165, 1.54) is 0 Å². The van der Waals surface area contributed by atoms with Crippen molar-refractivity contribution >= 4 is 23.9 Å². The summed E-state index contributed by atoms with van der Waals surface area (Å²) in [5.74, 6) is -3.51. The number of carbonyl (C=O) groups excluding carboxylic acids is 3. The zero-order valence-electron chi connectivity index (χ0n) is 41.4. The van der Waals surface area contributed by atoms with Crippen molar-refractivity contribution in [1.29, 1.82) is 0 Å². The van der Waals surface area contributed by atoms with Crippen LogP contribution in [0.3, 0.4) is 0 Å². The fourth-order valence-corrected chi connectivity index (χ4v) is 8.76. The van der Waals surface area contributed by atoms with Crippen LogP contribution in [0.4, 0.5) is 0 Å². The molecule has 3 saturated heterocycles. The molecule has 17 atom stereocenters. The predicted molar refractivity (Wildman–Crippen MR) is 244 cm³/mol. The van der Waals surface area contributed by atoms with E-state index in [1.54, 1.807) is 0 Å². The minimum absolute atomic E-state index is 0.291. The van der Waals surface area contributed by atoms with E-state index in [2.05, 4.69) is 0 Å². The van der Waals surface area contributed by atoms with E-state index >= 15 is 0 Å². The van der Waals surface area contributed by atoms with E-state index < -0.39 is 141 Å². The molecular weight excluding hydrogens is 929 g/mol. The fraction of sp³-hybridized carbons (Fsp3) is 0.917. The van der Waals surface area contributed by atoms with Crippen molar-refractivity contribution in [3.05, 3.63) is 0 Å². The van der Waals surface area contributed by atoms with Crippen molar-refractivity contribution in [3.8, 4) is 0 Å². The van der Waals surface area contributed by atoms with Gasteiger partial charge in [0.05, 0.1) is 31.5 Å². The summed E-state index contributed by atoms with van der Waals surface area (Å²) in [4.78, 5) is 46.3. The molecule has 0 saturated carbocycles. The van der Waals surface area contributed by atoms with Gasteiger partial charge < -0.3 is 88.6 Å². The molecule has 0 aromatic carbocycles. The van der Waals surface area contributed by atoms with Crippen LogP contribution in [0.5, 0.6) is 0 Å². The Morgan fingerprint density at radius 3 is 1.61 bits per heavy atom. The van der Waals surface area contributed by atoms with Crippen molar-refractivity contribution in [3.63, 3.8) is 0 Å². The third-order valence-electron chi connectivity index (χ3n) is 12.8. The third kappa shape index (κ3) is 21.8. The molecule has 9 N–H and O–H groups in total. The van der Waals surface area contributed by atoms with Gasteiger partial charge >= 0.3 is 23.9 Å². The lowest BCUT2D eigenvalue weighted by Gasteiger charge is -2.47. The van der Waals surface area contributed by atoms with Crippen molar-refractivity contribution < 1.29 is 108 Å². The number of hydrogen-bond donors (Lipinski definition) is 9. The van der Waals surface area contributed by atoms with Crippen LogP contribution in [-0.2, 0) is 61.8 Å². The van der Waals surface area contributed by atoms with Gasteiger partial charge in [0.2, 0.25) is 0 Å². The van der Waals surface area contributed by atoms with Gasteiger partial charge in [-0.3, -0.25) is 14.4 Å². The van der Waals surface area contributed by atoms with E-state index in [0.717, 1.165) is 104 Å². The SMILES string of the molecule is CCCCC(CCCC(O)C(O)CCCCCCCCCCCCCCC(O)C(=O)O)OC1OCC(OC(C)=O)C(O)C1OC1OCC(O)C(O)C1OC1OC(COC(C)=O)C(O)C(O)C1OC(C)=O. The molecular formula is C48H84O22. The van der Waals surface area contributed by atoms with Crippen molar-refractivity contribution in [2.75, 3.05) is 19.8 Å². The maximum absolute atomic E-state index is 12.1. The number of carbonyl (C=O) groups is 4. The predicted octanol–water partition coefficient (Wildman–Crippen LogP) is 1.80. The number of hydrogen-bond acceptors (Lipinski definition) is 21. The van der Waals surface area contributed by atoms with Crippen LogP contribution in [0.15, 0.2) is 0 Å². The summed E-state index contributed by atoms with van der Waals surface area (Å²) < 4.78 is 51.8. The number of aliphatic hydroxyl groups is 8. The second kappa shape index (κ2) is 33.2. The van der Waals surface area contributed by atoms with Gasteiger partial charge in [-0.1, -0.05) is 96.8 Å². The average Bonchev–Trinajstić information content (AvgIpc) is 3.30. The lowest BCUT2D eigenvalue weighted by molar-refractivity contribution is -0.380. The summed E-state index contributed by atoms with van der Waals surface area (Å²) in [5.41, 5.74) is 0. The molecule has 0 spiro atoms. The van der Waals surface area contributed by atoms with Crippen molar-refractivity contribution in [2.24, 2.45) is 0 Å². The van der Waals surface area contributed by atoms with Gasteiger partial charge in [-0.25, -0.2) is 4.79 Å². The molecule has 408 valence electrons. The first-order valence-electron chi connectivity index (χ1n) is 25.3. The molecule has 3 aliphatic rings. The molecule has 22 heteroatoms. The maximum atomic E-state index is 12.1. The van der Waals surface area contributed by atoms with Gasteiger partial charge in [0.25, 0.3) is 0 Å². The average molecular weight is 1010 g/mol. The number of carboxylic acids is 1. The number of unbranched alkanes of at least 4 members (excludes halogenated alkanes) is 12. The third-order valence-corrected chi connectivity index (χ3v) is 12.8. The monoisotopic (exact) mass is 1010 g/mol. The normalized spacial score (nSPS) is 31.0. The largest absolute Gasteiger partial charge is 0.479 e. The van der Waals surface area contributed by atoms with Crippen LogP contribution in [0, 0.1) is 0 Å². The Hall–Kier alpha value is -2.68. The Morgan fingerprint density at radius 2 is 1.06 bits per heavy atom. The Morgan fingerprint density at radius 1 is 0.543 bits per heavy atom. The first-order valence-corrected chi connectivity index (χ1v) is 25.3. The van der Waals surface area contributed by atoms with Crippen LogP contribution in [-0.4, -0.2) is 194 Å². The second-order valence-electron chi connectivity index (χ2n) is 18.8. The number of ether oxygens (including phenoxy) is 9. The Labute approximate surface area is 411 Å². The summed E-state index contributed by atoms with van der Waals surface area (Å²) in [6.45, 7) is 3.96. The minimum Gasteiger partial charge on any atom is -0.479 e. The number of esters is 3. The summed E-state index contributed by atoms with van der Waals surface area (Å²) in [6.07, 6.45) is -8.24. The summed E-state index contributed by atoms with van der Waals surface area (Å²) in [7, 11) is 0. The first kappa shape index (κ1) is 61.6. The zero-order chi connectivity index (χ0) is 51.8.